The summed E-state index contributed by atoms with van der Waals surface area (Å²) in [7, 11) is 0. The van der Waals surface area contributed by atoms with Crippen LogP contribution in [0.15, 0.2) is 36.5 Å². The number of amides is 1. The van der Waals surface area contributed by atoms with Crippen LogP contribution in [-0.4, -0.2) is 27.3 Å². The Hall–Kier alpha value is -2.96. The molecule has 0 bridgehead atoms. The molecule has 1 saturated carbocycles. The molecular formula is C22H23F2N3O2. The maximum absolute atomic E-state index is 13.4. The van der Waals surface area contributed by atoms with E-state index in [1.165, 1.54) is 5.56 Å². The number of phenols is 1. The third kappa shape index (κ3) is 4.09. The highest BCUT2D eigenvalue weighted by Gasteiger charge is 2.24. The van der Waals surface area contributed by atoms with Gasteiger partial charge in [0, 0.05) is 23.7 Å². The SMILES string of the molecule is Cc1ccc2nn([C@H]3CC[C@H](CNC(=O)c4cc(F)c(O)c(F)c4)CC3)cc2c1. The lowest BCUT2D eigenvalue weighted by Crippen LogP contribution is -2.31. The van der Waals surface area contributed by atoms with E-state index in [2.05, 4.69) is 35.3 Å². The quantitative estimate of drug-likeness (QED) is 0.679. The van der Waals surface area contributed by atoms with Crippen LogP contribution in [0.25, 0.3) is 10.9 Å². The number of nitrogens with one attached hydrogen (secondary N) is 1. The first kappa shape index (κ1) is 19.4. The van der Waals surface area contributed by atoms with Gasteiger partial charge in [-0.25, -0.2) is 8.78 Å². The van der Waals surface area contributed by atoms with Crippen molar-refractivity contribution in [2.45, 2.75) is 38.6 Å². The van der Waals surface area contributed by atoms with E-state index in [4.69, 9.17) is 10.2 Å². The van der Waals surface area contributed by atoms with E-state index in [0.717, 1.165) is 48.7 Å². The van der Waals surface area contributed by atoms with Gasteiger partial charge in [-0.1, -0.05) is 11.6 Å². The van der Waals surface area contributed by atoms with Crippen LogP contribution in [0.3, 0.4) is 0 Å². The van der Waals surface area contributed by atoms with Gasteiger partial charge in [-0.2, -0.15) is 5.10 Å². The molecule has 0 unspecified atom stereocenters. The number of aryl methyl sites for hydroxylation is 1. The molecule has 4 rings (SSSR count). The average molecular weight is 399 g/mol. The summed E-state index contributed by atoms with van der Waals surface area (Å²) in [6.45, 7) is 2.52. The molecule has 7 heteroatoms. The first-order valence-electron chi connectivity index (χ1n) is 9.82. The van der Waals surface area contributed by atoms with Crippen molar-refractivity contribution in [3.05, 3.63) is 59.3 Å². The van der Waals surface area contributed by atoms with Crippen molar-refractivity contribution in [2.75, 3.05) is 6.54 Å². The topological polar surface area (TPSA) is 67.2 Å². The maximum Gasteiger partial charge on any atom is 0.251 e. The highest BCUT2D eigenvalue weighted by atomic mass is 19.1. The Morgan fingerprint density at radius 1 is 1.17 bits per heavy atom. The van der Waals surface area contributed by atoms with Crippen LogP contribution >= 0.6 is 0 Å². The normalized spacial score (nSPS) is 19.4. The lowest BCUT2D eigenvalue weighted by atomic mass is 9.86. The van der Waals surface area contributed by atoms with Gasteiger partial charge in [-0.05, 0) is 62.8 Å². The molecule has 1 heterocycles. The molecule has 0 radical (unpaired) electrons. The number of hydrogen-bond donors (Lipinski definition) is 2. The molecule has 0 saturated heterocycles. The summed E-state index contributed by atoms with van der Waals surface area (Å²) in [6, 6.07) is 8.26. The van der Waals surface area contributed by atoms with Gasteiger partial charge in [0.1, 0.15) is 0 Å². The van der Waals surface area contributed by atoms with Crippen molar-refractivity contribution in [3.63, 3.8) is 0 Å². The fourth-order valence-corrected chi connectivity index (χ4v) is 4.00. The molecule has 0 atom stereocenters. The molecule has 2 aromatic carbocycles. The van der Waals surface area contributed by atoms with Crippen molar-refractivity contribution in [2.24, 2.45) is 5.92 Å². The molecule has 0 spiro atoms. The summed E-state index contributed by atoms with van der Waals surface area (Å²) in [5.74, 6) is -3.58. The molecule has 1 fully saturated rings. The third-order valence-corrected chi connectivity index (χ3v) is 5.70. The minimum absolute atomic E-state index is 0.134. The van der Waals surface area contributed by atoms with Crippen molar-refractivity contribution >= 4 is 16.8 Å². The molecule has 2 N–H and O–H groups in total. The van der Waals surface area contributed by atoms with E-state index < -0.39 is 23.3 Å². The molecule has 29 heavy (non-hydrogen) atoms. The summed E-state index contributed by atoms with van der Waals surface area (Å²) in [6.07, 6.45) is 5.92. The van der Waals surface area contributed by atoms with Gasteiger partial charge < -0.3 is 10.4 Å². The molecule has 152 valence electrons. The van der Waals surface area contributed by atoms with E-state index in [9.17, 15) is 13.6 Å². The van der Waals surface area contributed by atoms with E-state index in [0.29, 0.717) is 18.5 Å². The predicted molar refractivity (Wildman–Crippen MR) is 106 cm³/mol. The zero-order valence-electron chi connectivity index (χ0n) is 16.2. The van der Waals surface area contributed by atoms with Gasteiger partial charge in [0.05, 0.1) is 11.6 Å². The highest BCUT2D eigenvalue weighted by molar-refractivity contribution is 5.94. The van der Waals surface area contributed by atoms with Crippen LogP contribution < -0.4 is 5.32 Å². The molecule has 1 aromatic heterocycles. The highest BCUT2D eigenvalue weighted by Crippen LogP contribution is 2.32. The van der Waals surface area contributed by atoms with Crippen LogP contribution in [0.2, 0.25) is 0 Å². The largest absolute Gasteiger partial charge is 0.503 e. The first-order chi connectivity index (χ1) is 13.9. The van der Waals surface area contributed by atoms with Crippen molar-refractivity contribution < 1.29 is 18.7 Å². The van der Waals surface area contributed by atoms with Crippen LogP contribution in [-0.2, 0) is 0 Å². The number of halogens is 2. The molecule has 1 amide bonds. The lowest BCUT2D eigenvalue weighted by molar-refractivity contribution is 0.0940. The fourth-order valence-electron chi connectivity index (χ4n) is 4.00. The fraction of sp³-hybridized carbons (Fsp3) is 0.364. The number of nitrogens with zero attached hydrogens (tertiary/aromatic N) is 2. The number of aromatic hydroxyl groups is 1. The Morgan fingerprint density at radius 3 is 2.55 bits per heavy atom. The Bertz CT molecular complexity index is 1030. The number of phenolic OH excluding ortho intramolecular Hbond substituents is 1. The Labute approximate surface area is 167 Å². The Kier molecular flexibility index (Phi) is 5.22. The smallest absolute Gasteiger partial charge is 0.251 e. The number of carbonyl (C=O) groups excluding carboxylic acids is 1. The molecule has 0 aliphatic heterocycles. The van der Waals surface area contributed by atoms with E-state index >= 15 is 0 Å². The minimum Gasteiger partial charge on any atom is -0.503 e. The third-order valence-electron chi connectivity index (χ3n) is 5.70. The van der Waals surface area contributed by atoms with Crippen LogP contribution in [0.4, 0.5) is 8.78 Å². The summed E-state index contributed by atoms with van der Waals surface area (Å²) in [5.41, 5.74) is 2.08. The number of rotatable bonds is 4. The summed E-state index contributed by atoms with van der Waals surface area (Å²) < 4.78 is 28.9. The van der Waals surface area contributed by atoms with E-state index in [1.807, 2.05) is 6.07 Å². The molecule has 3 aromatic rings. The first-order valence-corrected chi connectivity index (χ1v) is 9.82. The Balaban J connectivity index is 1.32. The van der Waals surface area contributed by atoms with Gasteiger partial charge in [-0.3, -0.25) is 9.48 Å². The van der Waals surface area contributed by atoms with Gasteiger partial charge in [0.25, 0.3) is 5.91 Å². The van der Waals surface area contributed by atoms with Gasteiger partial charge >= 0.3 is 0 Å². The second kappa shape index (κ2) is 7.81. The van der Waals surface area contributed by atoms with Crippen molar-refractivity contribution in [1.82, 2.24) is 15.1 Å². The van der Waals surface area contributed by atoms with Crippen molar-refractivity contribution in [1.29, 1.82) is 0 Å². The van der Waals surface area contributed by atoms with Gasteiger partial charge in [0.15, 0.2) is 17.4 Å². The summed E-state index contributed by atoms with van der Waals surface area (Å²) in [5, 5.41) is 17.7. The maximum atomic E-state index is 13.4. The van der Waals surface area contributed by atoms with Crippen LogP contribution in [0.1, 0.15) is 47.6 Å². The number of benzene rings is 2. The number of hydrogen-bond acceptors (Lipinski definition) is 3. The van der Waals surface area contributed by atoms with E-state index in [-0.39, 0.29) is 5.56 Å². The second-order valence-corrected chi connectivity index (χ2v) is 7.84. The number of fused-ring (bicyclic) bond motifs is 1. The van der Waals surface area contributed by atoms with Crippen LogP contribution in [0, 0.1) is 24.5 Å². The van der Waals surface area contributed by atoms with Gasteiger partial charge in [-0.15, -0.1) is 0 Å². The van der Waals surface area contributed by atoms with Gasteiger partial charge in [0.2, 0.25) is 0 Å². The second-order valence-electron chi connectivity index (χ2n) is 7.84. The monoisotopic (exact) mass is 399 g/mol. The molecular weight excluding hydrogens is 376 g/mol. The van der Waals surface area contributed by atoms with Crippen molar-refractivity contribution in [3.8, 4) is 5.75 Å². The number of carbonyl (C=O) groups is 1. The zero-order chi connectivity index (χ0) is 20.5. The standard InChI is InChI=1S/C22H23F2N3O2/c1-13-2-7-20-16(8-13)12-27(26-20)17-5-3-14(4-6-17)11-25-22(29)15-9-18(23)21(28)19(24)10-15/h2,7-10,12,14,17,28H,3-6,11H2,1H3,(H,25,29)/t14-,17-. The zero-order valence-corrected chi connectivity index (χ0v) is 16.2. The molecule has 1 aliphatic carbocycles. The summed E-state index contributed by atoms with van der Waals surface area (Å²) in [4.78, 5) is 12.2. The number of aromatic nitrogens is 2. The molecule has 5 nitrogen and oxygen atoms in total. The lowest BCUT2D eigenvalue weighted by Gasteiger charge is -2.28. The molecule has 1 aliphatic rings. The minimum atomic E-state index is -1.14. The Morgan fingerprint density at radius 2 is 1.86 bits per heavy atom. The predicted octanol–water partition coefficient (Wildman–Crippen LogP) is 4.49. The summed E-state index contributed by atoms with van der Waals surface area (Å²) >= 11 is 0. The van der Waals surface area contributed by atoms with Crippen LogP contribution in [0.5, 0.6) is 5.75 Å². The van der Waals surface area contributed by atoms with E-state index in [1.54, 1.807) is 0 Å². The average Bonchev–Trinajstić information content (AvgIpc) is 3.13.